The van der Waals surface area contributed by atoms with E-state index < -0.39 is 17.8 Å². The summed E-state index contributed by atoms with van der Waals surface area (Å²) in [5, 5.41) is 12.0. The first-order chi connectivity index (χ1) is 11.0. The second kappa shape index (κ2) is 6.18. The number of amides is 1. The Labute approximate surface area is 133 Å². The molecule has 2 saturated carbocycles. The summed E-state index contributed by atoms with van der Waals surface area (Å²) in [5.41, 5.74) is 0.202. The van der Waals surface area contributed by atoms with Crippen molar-refractivity contribution in [3.63, 3.8) is 0 Å². The third-order valence-corrected chi connectivity index (χ3v) is 5.00. The molecule has 1 amide bonds. The lowest BCUT2D eigenvalue weighted by Crippen LogP contribution is -2.35. The van der Waals surface area contributed by atoms with Crippen molar-refractivity contribution in [2.45, 2.75) is 31.7 Å². The highest BCUT2D eigenvalue weighted by Crippen LogP contribution is 2.55. The number of aliphatic carboxylic acids is 1. The van der Waals surface area contributed by atoms with Crippen LogP contribution in [0, 0.1) is 23.6 Å². The molecule has 2 aliphatic rings. The number of carboxylic acid groups (broad SMARTS) is 1. The maximum Gasteiger partial charge on any atom is 0.330 e. The number of carboxylic acids is 1. The Hall–Kier alpha value is -2.11. The highest BCUT2D eigenvalue weighted by Gasteiger charge is 2.55. The number of benzene rings is 1. The summed E-state index contributed by atoms with van der Waals surface area (Å²) in [5.74, 6) is -1.33. The number of carbonyl (C=O) groups is 2. The van der Waals surface area contributed by atoms with Crippen molar-refractivity contribution < 1.29 is 23.8 Å². The van der Waals surface area contributed by atoms with Gasteiger partial charge in [-0.25, -0.2) is 9.18 Å². The van der Waals surface area contributed by atoms with E-state index in [1.807, 2.05) is 0 Å². The van der Waals surface area contributed by atoms with Crippen molar-refractivity contribution in [2.75, 3.05) is 7.11 Å². The Morgan fingerprint density at radius 2 is 1.96 bits per heavy atom. The zero-order valence-corrected chi connectivity index (χ0v) is 12.9. The molecule has 6 heteroatoms. The predicted octanol–water partition coefficient (Wildman–Crippen LogP) is 2.51. The summed E-state index contributed by atoms with van der Waals surface area (Å²) < 4.78 is 18.6. The number of ether oxygens (including phenoxy) is 1. The van der Waals surface area contributed by atoms with Crippen LogP contribution in [-0.2, 0) is 9.59 Å². The molecule has 1 aromatic rings. The van der Waals surface area contributed by atoms with E-state index in [9.17, 15) is 19.1 Å². The minimum Gasteiger partial charge on any atom is -0.494 e. The molecule has 0 bridgehead atoms. The normalized spacial score (nSPS) is 26.8. The van der Waals surface area contributed by atoms with Crippen molar-refractivity contribution in [1.82, 2.24) is 5.32 Å². The second-order valence-corrected chi connectivity index (χ2v) is 6.31. The van der Waals surface area contributed by atoms with Gasteiger partial charge in [-0.2, -0.15) is 0 Å². The van der Waals surface area contributed by atoms with Crippen LogP contribution in [0.4, 0.5) is 4.39 Å². The van der Waals surface area contributed by atoms with Gasteiger partial charge in [0.05, 0.1) is 7.11 Å². The quantitative estimate of drug-likeness (QED) is 0.874. The van der Waals surface area contributed by atoms with Crippen molar-refractivity contribution in [1.29, 1.82) is 0 Å². The molecule has 1 aromatic carbocycles. The number of methoxy groups -OCH3 is 1. The summed E-state index contributed by atoms with van der Waals surface area (Å²) in [6.07, 6.45) is 4.35. The SMILES string of the molecule is COc1ccc(C(NC(=O)C2C3CCCCC32)C(=O)O)cc1F. The van der Waals surface area contributed by atoms with Crippen LogP contribution >= 0.6 is 0 Å². The van der Waals surface area contributed by atoms with Gasteiger partial charge in [0.1, 0.15) is 0 Å². The van der Waals surface area contributed by atoms with Crippen molar-refractivity contribution in [3.05, 3.63) is 29.6 Å². The number of hydrogen-bond donors (Lipinski definition) is 2. The molecular weight excluding hydrogens is 301 g/mol. The highest BCUT2D eigenvalue weighted by atomic mass is 19.1. The minimum atomic E-state index is -1.24. The molecular formula is C17H20FNO4. The van der Waals surface area contributed by atoms with Gasteiger partial charge in [-0.15, -0.1) is 0 Å². The fourth-order valence-corrected chi connectivity index (χ4v) is 3.77. The molecule has 3 atom stereocenters. The highest BCUT2D eigenvalue weighted by molar-refractivity contribution is 5.87. The van der Waals surface area contributed by atoms with Crippen LogP contribution in [0.25, 0.3) is 0 Å². The van der Waals surface area contributed by atoms with Crippen LogP contribution in [0.15, 0.2) is 18.2 Å². The molecule has 5 nitrogen and oxygen atoms in total. The Morgan fingerprint density at radius 1 is 1.30 bits per heavy atom. The van der Waals surface area contributed by atoms with E-state index in [0.29, 0.717) is 11.8 Å². The number of fused-ring (bicyclic) bond motifs is 1. The Bertz CT molecular complexity index is 621. The van der Waals surface area contributed by atoms with Crippen LogP contribution < -0.4 is 10.1 Å². The predicted molar refractivity (Wildman–Crippen MR) is 80.4 cm³/mol. The smallest absolute Gasteiger partial charge is 0.330 e. The summed E-state index contributed by atoms with van der Waals surface area (Å²) >= 11 is 0. The molecule has 0 radical (unpaired) electrons. The van der Waals surface area contributed by atoms with Gasteiger partial charge in [0.15, 0.2) is 17.6 Å². The molecule has 0 aromatic heterocycles. The first-order valence-electron chi connectivity index (χ1n) is 7.89. The van der Waals surface area contributed by atoms with E-state index in [1.54, 1.807) is 0 Å². The van der Waals surface area contributed by atoms with Gasteiger partial charge in [0, 0.05) is 5.92 Å². The van der Waals surface area contributed by atoms with Gasteiger partial charge in [-0.3, -0.25) is 4.79 Å². The molecule has 0 heterocycles. The van der Waals surface area contributed by atoms with E-state index >= 15 is 0 Å². The van der Waals surface area contributed by atoms with Crippen LogP contribution in [0.1, 0.15) is 37.3 Å². The standard InChI is InChI=1S/C17H20FNO4/c1-23-13-7-6-9(8-12(13)18)15(17(21)22)19-16(20)14-10-4-2-3-5-11(10)14/h6-8,10-11,14-15H,2-5H2,1H3,(H,19,20)(H,21,22). The Kier molecular flexibility index (Phi) is 4.24. The zero-order chi connectivity index (χ0) is 16.6. The summed E-state index contributed by atoms with van der Waals surface area (Å²) in [6.45, 7) is 0. The van der Waals surface area contributed by atoms with Crippen molar-refractivity contribution in [2.24, 2.45) is 17.8 Å². The van der Waals surface area contributed by atoms with Gasteiger partial charge in [-0.05, 0) is 42.4 Å². The third kappa shape index (κ3) is 3.02. The Morgan fingerprint density at radius 3 is 2.48 bits per heavy atom. The van der Waals surface area contributed by atoms with Crippen LogP contribution in [0.3, 0.4) is 0 Å². The van der Waals surface area contributed by atoms with E-state index in [-0.39, 0.29) is 23.1 Å². The van der Waals surface area contributed by atoms with Crippen LogP contribution in [0.2, 0.25) is 0 Å². The molecule has 2 aliphatic carbocycles. The first-order valence-corrected chi connectivity index (χ1v) is 7.89. The lowest BCUT2D eigenvalue weighted by Gasteiger charge is -2.16. The van der Waals surface area contributed by atoms with Gasteiger partial charge >= 0.3 is 5.97 Å². The fourth-order valence-electron chi connectivity index (χ4n) is 3.77. The van der Waals surface area contributed by atoms with E-state index in [1.165, 1.54) is 19.2 Å². The lowest BCUT2D eigenvalue weighted by molar-refractivity contribution is -0.142. The maximum atomic E-state index is 13.8. The number of carbonyl (C=O) groups excluding carboxylic acids is 1. The molecule has 0 spiro atoms. The van der Waals surface area contributed by atoms with Crippen LogP contribution in [-0.4, -0.2) is 24.1 Å². The van der Waals surface area contributed by atoms with E-state index in [4.69, 9.17) is 4.74 Å². The number of rotatable bonds is 5. The zero-order valence-electron chi connectivity index (χ0n) is 12.9. The average molecular weight is 321 g/mol. The minimum absolute atomic E-state index is 0.0393. The molecule has 0 saturated heterocycles. The van der Waals surface area contributed by atoms with Gasteiger partial charge < -0.3 is 15.2 Å². The van der Waals surface area contributed by atoms with Crippen molar-refractivity contribution in [3.8, 4) is 5.75 Å². The number of nitrogens with one attached hydrogen (secondary N) is 1. The van der Waals surface area contributed by atoms with E-state index in [2.05, 4.69) is 5.32 Å². The van der Waals surface area contributed by atoms with Gasteiger partial charge in [-0.1, -0.05) is 18.9 Å². The molecule has 0 aliphatic heterocycles. The van der Waals surface area contributed by atoms with Gasteiger partial charge in [0.2, 0.25) is 5.91 Å². The number of hydrogen-bond acceptors (Lipinski definition) is 3. The maximum absolute atomic E-state index is 13.8. The summed E-state index contributed by atoms with van der Waals surface area (Å²) in [6, 6.07) is 2.67. The van der Waals surface area contributed by atoms with E-state index in [0.717, 1.165) is 31.7 Å². The second-order valence-electron chi connectivity index (χ2n) is 6.31. The first kappa shape index (κ1) is 15.8. The third-order valence-electron chi connectivity index (χ3n) is 5.00. The fraction of sp³-hybridized carbons (Fsp3) is 0.529. The topological polar surface area (TPSA) is 75.6 Å². The molecule has 124 valence electrons. The average Bonchev–Trinajstić information content (AvgIpc) is 3.26. The van der Waals surface area contributed by atoms with Gasteiger partial charge in [0.25, 0.3) is 0 Å². The molecule has 3 rings (SSSR count). The molecule has 3 unspecified atom stereocenters. The lowest BCUT2D eigenvalue weighted by atomic mass is 10.0. The van der Waals surface area contributed by atoms with Crippen molar-refractivity contribution >= 4 is 11.9 Å². The monoisotopic (exact) mass is 321 g/mol. The number of halogens is 1. The molecule has 2 fully saturated rings. The van der Waals surface area contributed by atoms with Crippen LogP contribution in [0.5, 0.6) is 5.75 Å². The summed E-state index contributed by atoms with van der Waals surface area (Å²) in [4.78, 5) is 23.9. The Balaban J connectivity index is 1.73. The molecule has 2 N–H and O–H groups in total. The molecule has 23 heavy (non-hydrogen) atoms. The summed E-state index contributed by atoms with van der Waals surface area (Å²) in [7, 11) is 1.34. The largest absolute Gasteiger partial charge is 0.494 e.